The fraction of sp³-hybridized carbons (Fsp3) is 0.500. The van der Waals surface area contributed by atoms with Gasteiger partial charge in [-0.05, 0) is 32.9 Å². The Bertz CT molecular complexity index is 413. The van der Waals surface area contributed by atoms with Crippen molar-refractivity contribution in [2.24, 2.45) is 0 Å². The number of benzene rings is 1. The summed E-state index contributed by atoms with van der Waals surface area (Å²) in [7, 11) is 1.61. The number of hydrogen-bond acceptors (Lipinski definition) is 3. The van der Waals surface area contributed by atoms with Crippen LogP contribution in [0.5, 0.6) is 11.5 Å². The minimum Gasteiger partial charge on any atom is -0.497 e. The Morgan fingerprint density at radius 1 is 1.26 bits per heavy atom. The molecule has 0 aliphatic carbocycles. The molecule has 19 heavy (non-hydrogen) atoms. The fourth-order valence-electron chi connectivity index (χ4n) is 1.41. The van der Waals surface area contributed by atoms with E-state index < -0.39 is 0 Å². The highest BCUT2D eigenvalue weighted by molar-refractivity contribution is 5.74. The molecule has 1 rings (SSSR count). The second-order valence-electron chi connectivity index (χ2n) is 5.16. The van der Waals surface area contributed by atoms with Gasteiger partial charge in [-0.2, -0.15) is 0 Å². The van der Waals surface area contributed by atoms with Gasteiger partial charge >= 0.3 is 6.03 Å². The third-order valence-corrected chi connectivity index (χ3v) is 2.19. The van der Waals surface area contributed by atoms with Crippen molar-refractivity contribution in [3.63, 3.8) is 0 Å². The smallest absolute Gasteiger partial charge is 0.315 e. The SMILES string of the molecule is COc1cccc(OCCNC(=O)NC(C)(C)C)c1. The Hall–Kier alpha value is -1.91. The molecule has 1 aromatic rings. The van der Waals surface area contributed by atoms with Gasteiger partial charge in [0.05, 0.1) is 13.7 Å². The van der Waals surface area contributed by atoms with Gasteiger partial charge in [-0.1, -0.05) is 6.07 Å². The monoisotopic (exact) mass is 266 g/mol. The van der Waals surface area contributed by atoms with Crippen molar-refractivity contribution in [2.45, 2.75) is 26.3 Å². The molecular formula is C14H22N2O3. The molecular weight excluding hydrogens is 244 g/mol. The number of carbonyl (C=O) groups excluding carboxylic acids is 1. The number of amides is 2. The van der Waals surface area contributed by atoms with Crippen molar-refractivity contribution in [1.29, 1.82) is 0 Å². The molecule has 0 aromatic heterocycles. The molecule has 0 fully saturated rings. The predicted octanol–water partition coefficient (Wildman–Crippen LogP) is 2.17. The van der Waals surface area contributed by atoms with Crippen LogP contribution in [0.25, 0.3) is 0 Å². The zero-order valence-corrected chi connectivity index (χ0v) is 11.9. The van der Waals surface area contributed by atoms with E-state index in [0.29, 0.717) is 13.2 Å². The molecule has 0 saturated heterocycles. The lowest BCUT2D eigenvalue weighted by atomic mass is 10.1. The molecule has 5 nitrogen and oxygen atoms in total. The minimum atomic E-state index is -0.238. The number of nitrogens with one attached hydrogen (secondary N) is 2. The van der Waals surface area contributed by atoms with Gasteiger partial charge in [-0.25, -0.2) is 4.79 Å². The number of carbonyl (C=O) groups is 1. The molecule has 106 valence electrons. The quantitative estimate of drug-likeness (QED) is 0.803. The number of ether oxygens (including phenoxy) is 2. The number of hydrogen-bond donors (Lipinski definition) is 2. The van der Waals surface area contributed by atoms with E-state index in [2.05, 4.69) is 10.6 Å². The summed E-state index contributed by atoms with van der Waals surface area (Å²) in [6.45, 7) is 6.64. The Labute approximate surface area is 114 Å². The molecule has 0 bridgehead atoms. The van der Waals surface area contributed by atoms with Crippen LogP contribution in [-0.2, 0) is 0 Å². The predicted molar refractivity (Wildman–Crippen MR) is 74.8 cm³/mol. The van der Waals surface area contributed by atoms with E-state index >= 15 is 0 Å². The zero-order chi connectivity index (χ0) is 14.3. The fourth-order valence-corrected chi connectivity index (χ4v) is 1.41. The number of urea groups is 1. The number of methoxy groups -OCH3 is 1. The standard InChI is InChI=1S/C14H22N2O3/c1-14(2,3)16-13(17)15-8-9-19-12-7-5-6-11(10-12)18-4/h5-7,10H,8-9H2,1-4H3,(H2,15,16,17). The van der Waals surface area contributed by atoms with Crippen LogP contribution in [0.2, 0.25) is 0 Å². The average molecular weight is 266 g/mol. The normalized spacial score (nSPS) is 10.7. The van der Waals surface area contributed by atoms with Crippen LogP contribution >= 0.6 is 0 Å². The van der Waals surface area contributed by atoms with Crippen molar-refractivity contribution < 1.29 is 14.3 Å². The molecule has 0 saturated carbocycles. The van der Waals surface area contributed by atoms with Gasteiger partial charge in [-0.3, -0.25) is 0 Å². The molecule has 2 amide bonds. The average Bonchev–Trinajstić information content (AvgIpc) is 2.33. The van der Waals surface area contributed by atoms with Crippen molar-refractivity contribution >= 4 is 6.03 Å². The Morgan fingerprint density at radius 2 is 1.95 bits per heavy atom. The first-order chi connectivity index (χ1) is 8.90. The maximum atomic E-state index is 11.5. The minimum absolute atomic E-state index is 0.193. The van der Waals surface area contributed by atoms with Crippen LogP contribution < -0.4 is 20.1 Å². The zero-order valence-electron chi connectivity index (χ0n) is 11.9. The van der Waals surface area contributed by atoms with E-state index in [4.69, 9.17) is 9.47 Å². The molecule has 0 atom stereocenters. The van der Waals surface area contributed by atoms with Crippen LogP contribution in [0.1, 0.15) is 20.8 Å². The van der Waals surface area contributed by atoms with Crippen LogP contribution in [0.15, 0.2) is 24.3 Å². The molecule has 1 aromatic carbocycles. The second-order valence-corrected chi connectivity index (χ2v) is 5.16. The highest BCUT2D eigenvalue weighted by atomic mass is 16.5. The maximum Gasteiger partial charge on any atom is 0.315 e. The van der Waals surface area contributed by atoms with Crippen LogP contribution in [0.3, 0.4) is 0 Å². The summed E-state index contributed by atoms with van der Waals surface area (Å²) in [6, 6.07) is 7.16. The first-order valence-corrected chi connectivity index (χ1v) is 6.23. The third-order valence-electron chi connectivity index (χ3n) is 2.19. The summed E-state index contributed by atoms with van der Waals surface area (Å²) in [5.41, 5.74) is -0.238. The first kappa shape index (κ1) is 15.1. The molecule has 0 aliphatic heterocycles. The van der Waals surface area contributed by atoms with Gasteiger partial charge in [-0.15, -0.1) is 0 Å². The van der Waals surface area contributed by atoms with Crippen molar-refractivity contribution in [3.8, 4) is 11.5 Å². The summed E-state index contributed by atoms with van der Waals surface area (Å²) in [5, 5.41) is 5.54. The summed E-state index contributed by atoms with van der Waals surface area (Å²) >= 11 is 0. The largest absolute Gasteiger partial charge is 0.497 e. The Morgan fingerprint density at radius 3 is 2.58 bits per heavy atom. The van der Waals surface area contributed by atoms with Crippen molar-refractivity contribution in [1.82, 2.24) is 10.6 Å². The first-order valence-electron chi connectivity index (χ1n) is 6.23. The Balaban J connectivity index is 2.25. The van der Waals surface area contributed by atoms with Gasteiger partial charge in [0, 0.05) is 11.6 Å². The lowest BCUT2D eigenvalue weighted by Gasteiger charge is -2.20. The molecule has 0 heterocycles. The summed E-state index contributed by atoms with van der Waals surface area (Å²) in [4.78, 5) is 11.5. The van der Waals surface area contributed by atoms with E-state index in [-0.39, 0.29) is 11.6 Å². The maximum absolute atomic E-state index is 11.5. The van der Waals surface area contributed by atoms with Crippen LogP contribution in [-0.4, -0.2) is 31.8 Å². The van der Waals surface area contributed by atoms with Crippen LogP contribution in [0, 0.1) is 0 Å². The topological polar surface area (TPSA) is 59.6 Å². The molecule has 0 spiro atoms. The lowest BCUT2D eigenvalue weighted by molar-refractivity contribution is 0.228. The van der Waals surface area contributed by atoms with Crippen molar-refractivity contribution in [3.05, 3.63) is 24.3 Å². The van der Waals surface area contributed by atoms with Gasteiger partial charge < -0.3 is 20.1 Å². The summed E-state index contributed by atoms with van der Waals surface area (Å²) in [6.07, 6.45) is 0. The third kappa shape index (κ3) is 6.55. The van der Waals surface area contributed by atoms with Gasteiger partial charge in [0.15, 0.2) is 0 Å². The second kappa shape index (κ2) is 6.87. The van der Waals surface area contributed by atoms with Crippen LogP contribution in [0.4, 0.5) is 4.79 Å². The summed E-state index contributed by atoms with van der Waals surface area (Å²) in [5.74, 6) is 1.47. The van der Waals surface area contributed by atoms with E-state index in [1.165, 1.54) is 0 Å². The van der Waals surface area contributed by atoms with E-state index in [0.717, 1.165) is 11.5 Å². The van der Waals surface area contributed by atoms with Gasteiger partial charge in [0.1, 0.15) is 18.1 Å². The molecule has 5 heteroatoms. The van der Waals surface area contributed by atoms with E-state index in [1.54, 1.807) is 13.2 Å². The van der Waals surface area contributed by atoms with Gasteiger partial charge in [0.2, 0.25) is 0 Å². The number of rotatable bonds is 5. The summed E-state index contributed by atoms with van der Waals surface area (Å²) < 4.78 is 10.6. The molecule has 0 unspecified atom stereocenters. The van der Waals surface area contributed by atoms with E-state index in [9.17, 15) is 4.79 Å². The molecule has 2 N–H and O–H groups in total. The molecule has 0 radical (unpaired) electrons. The molecule has 0 aliphatic rings. The highest BCUT2D eigenvalue weighted by Gasteiger charge is 2.12. The Kier molecular flexibility index (Phi) is 5.48. The van der Waals surface area contributed by atoms with E-state index in [1.807, 2.05) is 39.0 Å². The van der Waals surface area contributed by atoms with Gasteiger partial charge in [0.25, 0.3) is 0 Å². The highest BCUT2D eigenvalue weighted by Crippen LogP contribution is 2.18. The lowest BCUT2D eigenvalue weighted by Crippen LogP contribution is -2.47. The van der Waals surface area contributed by atoms with Crippen molar-refractivity contribution in [2.75, 3.05) is 20.3 Å².